The lowest BCUT2D eigenvalue weighted by Gasteiger charge is -2.43. The van der Waals surface area contributed by atoms with Crippen molar-refractivity contribution in [1.82, 2.24) is 50.8 Å². The Bertz CT molecular complexity index is 2270. The zero-order valence-electron chi connectivity index (χ0n) is 47.1. The molecule has 0 spiro atoms. The molecule has 4 amide bonds. The molecule has 4 aliphatic rings. The summed E-state index contributed by atoms with van der Waals surface area (Å²) in [6, 6.07) is 17.0. The number of nitrogens with zero attached hydrogens (tertiary/aromatic N) is 6. The number of pyridine rings is 2. The topological polar surface area (TPSA) is 192 Å². The highest BCUT2D eigenvalue weighted by molar-refractivity contribution is 5.88. The normalized spacial score (nSPS) is 32.5. The van der Waals surface area contributed by atoms with Gasteiger partial charge in [0.1, 0.15) is 0 Å². The largest absolute Gasteiger partial charge is 0.367 e. The van der Waals surface area contributed by atoms with Gasteiger partial charge in [0.15, 0.2) is 22.4 Å². The number of ether oxygens (including phenoxy) is 4. The molecule has 1 aromatic carbocycles. The molecule has 18 heteroatoms. The number of rotatable bonds is 6. The van der Waals surface area contributed by atoms with Crippen molar-refractivity contribution in [2.75, 3.05) is 80.8 Å². The Labute approximate surface area is 439 Å². The van der Waals surface area contributed by atoms with Crippen LogP contribution in [-0.4, -0.2) is 179 Å². The number of amides is 4. The molecule has 0 radical (unpaired) electrons. The molecule has 18 nitrogen and oxygen atoms in total. The minimum Gasteiger partial charge on any atom is -0.367 e. The predicted octanol–water partition coefficient (Wildman–Crippen LogP) is 4.27. The molecule has 0 fully saturated rings. The van der Waals surface area contributed by atoms with Crippen molar-refractivity contribution in [3.05, 3.63) is 71.3 Å². The van der Waals surface area contributed by atoms with Gasteiger partial charge in [0, 0.05) is 129 Å². The summed E-state index contributed by atoms with van der Waals surface area (Å²) in [7, 11) is 6.25. The van der Waals surface area contributed by atoms with E-state index < -0.39 is 44.6 Å². The fraction of sp³-hybridized carbons (Fsp3) is 0.643. The van der Waals surface area contributed by atoms with Crippen LogP contribution in [0.4, 0.5) is 0 Å². The maximum absolute atomic E-state index is 14.2. The highest BCUT2D eigenvalue weighted by atomic mass is 16.5. The van der Waals surface area contributed by atoms with Crippen LogP contribution in [0.2, 0.25) is 0 Å². The van der Waals surface area contributed by atoms with Crippen LogP contribution < -0.4 is 21.3 Å². The van der Waals surface area contributed by atoms with E-state index in [0.717, 1.165) is 45.0 Å². The number of benzene rings is 1. The molecule has 0 saturated carbocycles. The Morgan fingerprint density at radius 1 is 0.351 bits per heavy atom. The third kappa shape index (κ3) is 13.2. The lowest BCUT2D eigenvalue weighted by molar-refractivity contribution is -0.150. The van der Waals surface area contributed by atoms with Crippen molar-refractivity contribution in [1.29, 1.82) is 0 Å². The fourth-order valence-corrected chi connectivity index (χ4v) is 11.2. The Balaban J connectivity index is 1.33. The Kier molecular flexibility index (Phi) is 16.0. The number of fused-ring (bicyclic) bond motifs is 4. The van der Waals surface area contributed by atoms with Gasteiger partial charge in [0.05, 0.1) is 22.8 Å². The van der Waals surface area contributed by atoms with Crippen molar-refractivity contribution in [2.24, 2.45) is 0 Å². The van der Waals surface area contributed by atoms with Gasteiger partial charge in [-0.05, 0) is 130 Å². The first-order valence-corrected chi connectivity index (χ1v) is 25.8. The van der Waals surface area contributed by atoms with Crippen LogP contribution in [0.1, 0.15) is 106 Å². The van der Waals surface area contributed by atoms with E-state index in [1.54, 1.807) is 28.4 Å². The summed E-state index contributed by atoms with van der Waals surface area (Å²) in [5.41, 5.74) is -0.639. The van der Waals surface area contributed by atoms with Gasteiger partial charge in [0.2, 0.25) is 0 Å². The van der Waals surface area contributed by atoms with E-state index in [0.29, 0.717) is 52.4 Å². The van der Waals surface area contributed by atoms with Crippen molar-refractivity contribution in [2.45, 2.75) is 154 Å². The molecule has 406 valence electrons. The number of nitrogens with one attached hydrogen (secondary N) is 4. The van der Waals surface area contributed by atoms with Crippen LogP contribution in [-0.2, 0) is 64.3 Å². The maximum Gasteiger partial charge on any atom is 0.253 e. The molecule has 0 aliphatic carbocycles. The molecule has 8 atom stereocenters. The van der Waals surface area contributed by atoms with Gasteiger partial charge in [-0.3, -0.25) is 48.7 Å². The van der Waals surface area contributed by atoms with Crippen LogP contribution in [0.15, 0.2) is 48.5 Å². The van der Waals surface area contributed by atoms with Crippen molar-refractivity contribution in [3.63, 3.8) is 0 Å². The number of carbonyl (C=O) groups is 4. The summed E-state index contributed by atoms with van der Waals surface area (Å²) in [5, 5.41) is 13.1. The van der Waals surface area contributed by atoms with E-state index in [-0.39, 0.29) is 49.8 Å². The zero-order chi connectivity index (χ0) is 54.5. The van der Waals surface area contributed by atoms with E-state index in [1.165, 1.54) is 0 Å². The molecule has 8 bridgehead atoms. The lowest BCUT2D eigenvalue weighted by atomic mass is 9.95. The summed E-state index contributed by atoms with van der Waals surface area (Å²) in [6.07, 6.45) is 0. The molecular weight excluding hydrogens is 941 g/mol. The Morgan fingerprint density at radius 3 is 0.743 bits per heavy atom. The first-order valence-electron chi connectivity index (χ1n) is 25.8. The molecule has 7 rings (SSSR count). The Hall–Kier alpha value is -4.92. The second-order valence-corrected chi connectivity index (χ2v) is 24.9. The van der Waals surface area contributed by atoms with Crippen LogP contribution >= 0.6 is 0 Å². The van der Waals surface area contributed by atoms with Crippen LogP contribution in [0.5, 0.6) is 0 Å². The third-order valence-electron chi connectivity index (χ3n) is 15.1. The van der Waals surface area contributed by atoms with Gasteiger partial charge in [0.25, 0.3) is 23.6 Å². The number of carbonyl (C=O) groups excluding carboxylic acids is 4. The van der Waals surface area contributed by atoms with Crippen LogP contribution in [0, 0.1) is 0 Å². The van der Waals surface area contributed by atoms with Gasteiger partial charge in [-0.15, -0.1) is 0 Å². The molecule has 6 heterocycles. The van der Waals surface area contributed by atoms with E-state index in [2.05, 4.69) is 89.4 Å². The molecule has 2 aromatic heterocycles. The summed E-state index contributed by atoms with van der Waals surface area (Å²) in [5.74, 6) is -0.893. The first kappa shape index (κ1) is 56.8. The van der Waals surface area contributed by atoms with Crippen molar-refractivity contribution < 1.29 is 38.1 Å². The van der Waals surface area contributed by atoms with Gasteiger partial charge in [-0.1, -0.05) is 24.3 Å². The number of methoxy groups -OCH3 is 4. The molecule has 4 aliphatic heterocycles. The molecule has 4 unspecified atom stereocenters. The van der Waals surface area contributed by atoms with E-state index in [9.17, 15) is 19.2 Å². The van der Waals surface area contributed by atoms with Crippen molar-refractivity contribution >= 4 is 23.6 Å². The quantitative estimate of drug-likeness (QED) is 0.274. The van der Waals surface area contributed by atoms with Crippen LogP contribution in [0.3, 0.4) is 0 Å². The third-order valence-corrected chi connectivity index (χ3v) is 15.1. The smallest absolute Gasteiger partial charge is 0.253 e. The highest BCUT2D eigenvalue weighted by Crippen LogP contribution is 2.32. The highest BCUT2D eigenvalue weighted by Gasteiger charge is 2.46. The monoisotopic (exact) mass is 1020 g/mol. The van der Waals surface area contributed by atoms with Gasteiger partial charge < -0.3 is 40.2 Å². The summed E-state index contributed by atoms with van der Waals surface area (Å²) >= 11 is 0. The first-order chi connectivity index (χ1) is 34.3. The predicted molar refractivity (Wildman–Crippen MR) is 285 cm³/mol. The van der Waals surface area contributed by atoms with E-state index >= 15 is 0 Å². The SMILES string of the molecule is CO[C@]1(C)CN2Cc3cc(-c4ccc(-c5cc6nc(c5)CN5CC(C)(C)NC(=O)[C@](C)(OC)CN(C6)CC(C)(C)NC(=O)[C@@](C)(OC)C5)cc4)cc(n3)CN(CC(C)(C)NC1=O)C[C@](C)(OC)C(=O)NC(C)(C)C2. The number of hydrogen-bond acceptors (Lipinski definition) is 14. The van der Waals surface area contributed by atoms with E-state index in [1.807, 2.05) is 83.1 Å². The minimum atomic E-state index is -1.22. The molecule has 3 aromatic rings. The average molecular weight is 1030 g/mol. The second kappa shape index (κ2) is 20.9. The maximum atomic E-state index is 14.2. The van der Waals surface area contributed by atoms with Gasteiger partial charge >= 0.3 is 0 Å². The molecular formula is C56H84N10O8. The van der Waals surface area contributed by atoms with Gasteiger partial charge in [-0.25, -0.2) is 0 Å². The molecule has 4 N–H and O–H groups in total. The average Bonchev–Trinajstić information content (AvgIpc) is 3.29. The summed E-state index contributed by atoms with van der Waals surface area (Å²) < 4.78 is 24.2. The Morgan fingerprint density at radius 2 is 0.554 bits per heavy atom. The van der Waals surface area contributed by atoms with Gasteiger partial charge in [-0.2, -0.15) is 0 Å². The second-order valence-electron chi connectivity index (χ2n) is 24.9. The minimum absolute atomic E-state index is 0.223. The number of aromatic nitrogens is 2. The summed E-state index contributed by atoms with van der Waals surface area (Å²) in [6.45, 7) is 27.1. The standard InChI is InChI=1S/C56H84N10O8/c1-49(2)29-63-25-41-21-39(22-42(57-41)26-64(34-53(9,71-13)45(67)59-49)30-50(3,4)60-46(68)54(10,33-63)72-14)37-17-19-38(20-18-37)40-23-43-27-65-31-51(5,6)61-47(69)55(11,73-15)36-66(28-44(24-40)58-43)32-52(7,8)62-48(70)56(12,35-65)74-16/h17-24H,25-36H2,1-16H3,(H,59,67)(H,60,68)(H,61,69)(H,62,70)/t53-,54+,55-,56+. The zero-order valence-corrected chi connectivity index (χ0v) is 47.1. The fourth-order valence-electron chi connectivity index (χ4n) is 11.2. The summed E-state index contributed by atoms with van der Waals surface area (Å²) in [4.78, 5) is 76.0. The molecule has 74 heavy (non-hydrogen) atoms. The lowest BCUT2D eigenvalue weighted by Crippen LogP contribution is -2.65. The number of hydrogen-bond donors (Lipinski definition) is 4. The molecule has 0 saturated heterocycles. The van der Waals surface area contributed by atoms with E-state index in [4.69, 9.17) is 28.9 Å². The van der Waals surface area contributed by atoms with Crippen LogP contribution in [0.25, 0.3) is 22.3 Å². The van der Waals surface area contributed by atoms with Crippen molar-refractivity contribution in [3.8, 4) is 22.3 Å².